The number of hydrogen-bond donors (Lipinski definition) is 2. The van der Waals surface area contributed by atoms with Crippen molar-refractivity contribution in [1.82, 2.24) is 10.2 Å². The second-order valence-corrected chi connectivity index (χ2v) is 3.15. The van der Waals surface area contributed by atoms with Crippen LogP contribution in [0.3, 0.4) is 0 Å². The van der Waals surface area contributed by atoms with Crippen LogP contribution in [-0.2, 0) is 14.3 Å². The van der Waals surface area contributed by atoms with Crippen molar-refractivity contribution in [3.8, 4) is 0 Å². The van der Waals surface area contributed by atoms with Crippen molar-refractivity contribution in [2.75, 3.05) is 33.9 Å². The molecule has 0 fully saturated rings. The highest BCUT2D eigenvalue weighted by molar-refractivity contribution is 5.81. The van der Waals surface area contributed by atoms with Crippen LogP contribution in [0.15, 0.2) is 0 Å². The molecule has 0 aliphatic carbocycles. The number of nitrogens with one attached hydrogen (secondary N) is 1. The highest BCUT2D eigenvalue weighted by Crippen LogP contribution is 1.98. The van der Waals surface area contributed by atoms with Gasteiger partial charge in [-0.05, 0) is 6.92 Å². The Kier molecular flexibility index (Phi) is 6.64. The largest absolute Gasteiger partial charge is 0.480 e. The number of carbonyl (C=O) groups excluding carboxylic acids is 1. The van der Waals surface area contributed by atoms with Crippen molar-refractivity contribution in [3.63, 3.8) is 0 Å². The fourth-order valence-corrected chi connectivity index (χ4v) is 1.17. The Morgan fingerprint density at radius 2 is 2.13 bits per heavy atom. The molecule has 0 aromatic carbocycles. The maximum absolute atomic E-state index is 11.3. The minimum atomic E-state index is -0.957. The van der Waals surface area contributed by atoms with Gasteiger partial charge < -0.3 is 15.2 Å². The Morgan fingerprint density at radius 3 is 2.53 bits per heavy atom. The number of amides is 1. The van der Waals surface area contributed by atoms with Gasteiger partial charge >= 0.3 is 5.97 Å². The molecule has 1 unspecified atom stereocenters. The molecule has 0 bridgehead atoms. The number of hydrogen-bond acceptors (Lipinski definition) is 4. The molecule has 0 aliphatic heterocycles. The Morgan fingerprint density at radius 1 is 1.53 bits per heavy atom. The summed E-state index contributed by atoms with van der Waals surface area (Å²) >= 11 is 0. The van der Waals surface area contributed by atoms with E-state index in [1.807, 2.05) is 0 Å². The second-order valence-electron chi connectivity index (χ2n) is 3.15. The van der Waals surface area contributed by atoms with Gasteiger partial charge in [-0.3, -0.25) is 14.5 Å². The molecule has 6 heteroatoms. The van der Waals surface area contributed by atoms with Crippen LogP contribution in [0.2, 0.25) is 0 Å². The first-order valence-electron chi connectivity index (χ1n) is 4.69. The zero-order valence-corrected chi connectivity index (χ0v) is 9.32. The molecule has 0 aromatic rings. The van der Waals surface area contributed by atoms with Gasteiger partial charge in [-0.2, -0.15) is 0 Å². The van der Waals surface area contributed by atoms with Gasteiger partial charge in [0.25, 0.3) is 0 Å². The predicted molar refractivity (Wildman–Crippen MR) is 54.6 cm³/mol. The number of ether oxygens (including phenoxy) is 1. The number of likely N-dealkylation sites (N-methyl/N-ethyl adjacent to an activating group) is 1. The van der Waals surface area contributed by atoms with Crippen molar-refractivity contribution >= 4 is 11.9 Å². The van der Waals surface area contributed by atoms with Gasteiger partial charge in [-0.1, -0.05) is 0 Å². The molecule has 0 saturated heterocycles. The monoisotopic (exact) mass is 218 g/mol. The smallest absolute Gasteiger partial charge is 0.317 e. The molecule has 6 nitrogen and oxygen atoms in total. The average Bonchev–Trinajstić information content (AvgIpc) is 2.21. The minimum absolute atomic E-state index is 0.169. The number of nitrogens with zero attached hydrogens (tertiary/aromatic N) is 1. The van der Waals surface area contributed by atoms with Gasteiger partial charge in [-0.25, -0.2) is 0 Å². The molecule has 1 amide bonds. The van der Waals surface area contributed by atoms with E-state index in [2.05, 4.69) is 5.32 Å². The summed E-state index contributed by atoms with van der Waals surface area (Å²) in [7, 11) is 3.05. The van der Waals surface area contributed by atoms with E-state index in [0.29, 0.717) is 13.2 Å². The molecule has 0 radical (unpaired) electrons. The summed E-state index contributed by atoms with van der Waals surface area (Å²) in [6.07, 6.45) is 0. The van der Waals surface area contributed by atoms with E-state index in [0.717, 1.165) is 0 Å². The maximum Gasteiger partial charge on any atom is 0.317 e. The van der Waals surface area contributed by atoms with E-state index in [1.54, 1.807) is 11.8 Å². The molecule has 0 heterocycles. The number of aliphatic carboxylic acids is 1. The number of rotatable bonds is 7. The zero-order valence-electron chi connectivity index (χ0n) is 9.32. The fourth-order valence-electron chi connectivity index (χ4n) is 1.17. The average molecular weight is 218 g/mol. The molecule has 88 valence electrons. The first-order chi connectivity index (χ1) is 7.02. The van der Waals surface area contributed by atoms with Crippen LogP contribution in [0.5, 0.6) is 0 Å². The fraction of sp³-hybridized carbons (Fsp3) is 0.778. The molecule has 15 heavy (non-hydrogen) atoms. The van der Waals surface area contributed by atoms with Gasteiger partial charge in [-0.15, -0.1) is 0 Å². The SMILES string of the molecule is CNC(=O)C(C)N(CCOC)CC(=O)O. The molecule has 0 aliphatic rings. The maximum atomic E-state index is 11.3. The lowest BCUT2D eigenvalue weighted by molar-refractivity contribution is -0.140. The van der Waals surface area contributed by atoms with E-state index < -0.39 is 12.0 Å². The van der Waals surface area contributed by atoms with Crippen molar-refractivity contribution in [3.05, 3.63) is 0 Å². The third-order valence-electron chi connectivity index (χ3n) is 2.09. The molecular weight excluding hydrogens is 200 g/mol. The Balaban J connectivity index is 4.32. The second kappa shape index (κ2) is 7.19. The Bertz CT molecular complexity index is 220. The third-order valence-corrected chi connectivity index (χ3v) is 2.09. The van der Waals surface area contributed by atoms with Gasteiger partial charge in [0.15, 0.2) is 0 Å². The van der Waals surface area contributed by atoms with Crippen LogP contribution in [0.25, 0.3) is 0 Å². The lowest BCUT2D eigenvalue weighted by Crippen LogP contribution is -2.47. The summed E-state index contributed by atoms with van der Waals surface area (Å²) in [5.41, 5.74) is 0. The standard InChI is InChI=1S/C9H18N2O4/c1-7(9(14)10-2)11(4-5-15-3)6-8(12)13/h7H,4-6H2,1-3H3,(H,10,14)(H,12,13). The van der Waals surface area contributed by atoms with E-state index in [-0.39, 0.29) is 12.5 Å². The normalized spacial score (nSPS) is 12.5. The van der Waals surface area contributed by atoms with Crippen LogP contribution >= 0.6 is 0 Å². The highest BCUT2D eigenvalue weighted by atomic mass is 16.5. The number of carbonyl (C=O) groups is 2. The summed E-state index contributed by atoms with van der Waals surface area (Å²) < 4.78 is 4.85. The molecule has 1 atom stereocenters. The first kappa shape index (κ1) is 13.9. The van der Waals surface area contributed by atoms with E-state index in [1.165, 1.54) is 14.2 Å². The van der Waals surface area contributed by atoms with Gasteiger partial charge in [0.05, 0.1) is 19.2 Å². The lowest BCUT2D eigenvalue weighted by atomic mass is 10.2. The molecular formula is C9H18N2O4. The van der Waals surface area contributed by atoms with Crippen molar-refractivity contribution in [2.45, 2.75) is 13.0 Å². The first-order valence-corrected chi connectivity index (χ1v) is 4.69. The Hall–Kier alpha value is -1.14. The molecule has 0 aromatic heterocycles. The molecule has 0 spiro atoms. The number of methoxy groups -OCH3 is 1. The van der Waals surface area contributed by atoms with E-state index in [9.17, 15) is 9.59 Å². The summed E-state index contributed by atoms with van der Waals surface area (Å²) in [5.74, 6) is -1.16. The van der Waals surface area contributed by atoms with Gasteiger partial charge in [0.2, 0.25) is 5.91 Å². The van der Waals surface area contributed by atoms with Gasteiger partial charge in [0.1, 0.15) is 0 Å². The topological polar surface area (TPSA) is 78.9 Å². The molecule has 0 rings (SSSR count). The summed E-state index contributed by atoms with van der Waals surface area (Å²) in [4.78, 5) is 23.4. The molecule has 2 N–H and O–H groups in total. The predicted octanol–water partition coefficient (Wildman–Crippen LogP) is -0.846. The van der Waals surface area contributed by atoms with Crippen molar-refractivity contribution in [1.29, 1.82) is 0 Å². The molecule has 0 saturated carbocycles. The van der Waals surface area contributed by atoms with E-state index in [4.69, 9.17) is 9.84 Å². The third kappa shape index (κ3) is 5.34. The van der Waals surface area contributed by atoms with Gasteiger partial charge in [0, 0.05) is 20.7 Å². The summed E-state index contributed by atoms with van der Waals surface area (Å²) in [5, 5.41) is 11.2. The van der Waals surface area contributed by atoms with E-state index >= 15 is 0 Å². The minimum Gasteiger partial charge on any atom is -0.480 e. The quantitative estimate of drug-likeness (QED) is 0.582. The van der Waals surface area contributed by atoms with Crippen LogP contribution < -0.4 is 5.32 Å². The number of carboxylic acids is 1. The van der Waals surface area contributed by atoms with Crippen LogP contribution in [-0.4, -0.2) is 61.8 Å². The summed E-state index contributed by atoms with van der Waals surface area (Å²) in [6, 6.07) is -0.471. The van der Waals surface area contributed by atoms with Crippen LogP contribution in [0.4, 0.5) is 0 Å². The Labute approximate surface area is 89.2 Å². The van der Waals surface area contributed by atoms with Crippen molar-refractivity contribution < 1.29 is 19.4 Å². The zero-order chi connectivity index (χ0) is 11.8. The lowest BCUT2D eigenvalue weighted by Gasteiger charge is -2.25. The van der Waals surface area contributed by atoms with Crippen molar-refractivity contribution in [2.24, 2.45) is 0 Å². The summed E-state index contributed by atoms with van der Waals surface area (Å²) in [6.45, 7) is 2.31. The highest BCUT2D eigenvalue weighted by Gasteiger charge is 2.21. The number of carboxylic acid groups (broad SMARTS) is 1. The van der Waals surface area contributed by atoms with Crippen LogP contribution in [0, 0.1) is 0 Å². The van der Waals surface area contributed by atoms with Crippen LogP contribution in [0.1, 0.15) is 6.92 Å².